The Kier molecular flexibility index (Phi) is 4.59. The lowest BCUT2D eigenvalue weighted by molar-refractivity contribution is 0.395. The zero-order chi connectivity index (χ0) is 15.4. The van der Waals surface area contributed by atoms with Gasteiger partial charge in [-0.05, 0) is 25.1 Å². The van der Waals surface area contributed by atoms with E-state index in [1.807, 2.05) is 19.1 Å². The maximum absolute atomic E-state index is 12.0. The molecular formula is C15H19N3O3. The Morgan fingerprint density at radius 1 is 1.24 bits per heavy atom. The molecule has 2 N–H and O–H groups in total. The molecule has 0 bridgehead atoms. The van der Waals surface area contributed by atoms with Crippen LogP contribution in [0.15, 0.2) is 29.1 Å². The highest BCUT2D eigenvalue weighted by Crippen LogP contribution is 2.32. The molecule has 1 aromatic carbocycles. The fraction of sp³-hybridized carbons (Fsp3) is 0.333. The normalized spacial score (nSPS) is 10.5. The van der Waals surface area contributed by atoms with E-state index in [1.54, 1.807) is 26.4 Å². The summed E-state index contributed by atoms with van der Waals surface area (Å²) in [6.45, 7) is 2.52. The number of rotatable bonds is 5. The van der Waals surface area contributed by atoms with Crippen molar-refractivity contribution in [3.05, 3.63) is 40.2 Å². The molecule has 6 heteroatoms. The number of methoxy groups -OCH3 is 2. The van der Waals surface area contributed by atoms with Crippen LogP contribution in [-0.4, -0.2) is 24.0 Å². The van der Waals surface area contributed by atoms with Crippen LogP contribution in [0.5, 0.6) is 11.5 Å². The minimum atomic E-state index is -0.156. The summed E-state index contributed by atoms with van der Waals surface area (Å²) >= 11 is 0. The van der Waals surface area contributed by atoms with E-state index in [2.05, 4.69) is 5.10 Å². The molecule has 0 fully saturated rings. The lowest BCUT2D eigenvalue weighted by Crippen LogP contribution is -2.27. The second-order valence-electron chi connectivity index (χ2n) is 4.45. The van der Waals surface area contributed by atoms with E-state index >= 15 is 0 Å². The molecule has 1 heterocycles. The molecule has 2 rings (SSSR count). The van der Waals surface area contributed by atoms with Crippen molar-refractivity contribution in [2.75, 3.05) is 14.2 Å². The SMILES string of the molecule is CCn1nc(-c2ccc(OC)cc2OC)cc(CN)c1=O. The topological polar surface area (TPSA) is 79.4 Å². The van der Waals surface area contributed by atoms with Crippen LogP contribution in [0.25, 0.3) is 11.3 Å². The minimum Gasteiger partial charge on any atom is -0.497 e. The van der Waals surface area contributed by atoms with Gasteiger partial charge in [0.25, 0.3) is 5.56 Å². The van der Waals surface area contributed by atoms with Gasteiger partial charge in [0, 0.05) is 30.3 Å². The van der Waals surface area contributed by atoms with Crippen molar-refractivity contribution in [2.24, 2.45) is 5.73 Å². The van der Waals surface area contributed by atoms with Crippen LogP contribution in [-0.2, 0) is 13.1 Å². The molecule has 0 atom stereocenters. The van der Waals surface area contributed by atoms with Gasteiger partial charge in [0.15, 0.2) is 0 Å². The van der Waals surface area contributed by atoms with Crippen LogP contribution in [0.1, 0.15) is 12.5 Å². The summed E-state index contributed by atoms with van der Waals surface area (Å²) in [7, 11) is 3.18. The smallest absolute Gasteiger partial charge is 0.271 e. The highest BCUT2D eigenvalue weighted by Gasteiger charge is 2.13. The second kappa shape index (κ2) is 6.41. The van der Waals surface area contributed by atoms with Gasteiger partial charge < -0.3 is 15.2 Å². The van der Waals surface area contributed by atoms with Crippen molar-refractivity contribution in [1.29, 1.82) is 0 Å². The number of aromatic nitrogens is 2. The highest BCUT2D eigenvalue weighted by molar-refractivity contribution is 5.68. The van der Waals surface area contributed by atoms with Crippen molar-refractivity contribution in [2.45, 2.75) is 20.0 Å². The van der Waals surface area contributed by atoms with Crippen LogP contribution in [0.2, 0.25) is 0 Å². The first-order chi connectivity index (χ1) is 10.1. The predicted octanol–water partition coefficient (Wildman–Crippen LogP) is 1.41. The molecule has 0 aliphatic heterocycles. The number of ether oxygens (including phenoxy) is 2. The Bertz CT molecular complexity index is 667. The van der Waals surface area contributed by atoms with Gasteiger partial charge in [-0.2, -0.15) is 5.10 Å². The van der Waals surface area contributed by atoms with Crippen LogP contribution in [0.4, 0.5) is 0 Å². The van der Waals surface area contributed by atoms with E-state index in [0.29, 0.717) is 29.3 Å². The monoisotopic (exact) mass is 289 g/mol. The molecule has 6 nitrogen and oxygen atoms in total. The molecule has 0 amide bonds. The Hall–Kier alpha value is -2.34. The van der Waals surface area contributed by atoms with Crippen LogP contribution < -0.4 is 20.8 Å². The quantitative estimate of drug-likeness (QED) is 0.900. The first kappa shape index (κ1) is 15.1. The Morgan fingerprint density at radius 2 is 2.00 bits per heavy atom. The number of nitrogens with zero attached hydrogens (tertiary/aromatic N) is 2. The first-order valence-corrected chi connectivity index (χ1v) is 6.68. The summed E-state index contributed by atoms with van der Waals surface area (Å²) in [4.78, 5) is 12.0. The zero-order valence-corrected chi connectivity index (χ0v) is 12.4. The van der Waals surface area contributed by atoms with Gasteiger partial charge in [0.1, 0.15) is 11.5 Å². The summed E-state index contributed by atoms with van der Waals surface area (Å²) in [6, 6.07) is 7.16. The third kappa shape index (κ3) is 2.90. The summed E-state index contributed by atoms with van der Waals surface area (Å²) in [5.74, 6) is 1.32. The maximum Gasteiger partial charge on any atom is 0.271 e. The molecule has 0 saturated heterocycles. The van der Waals surface area contributed by atoms with Gasteiger partial charge in [-0.15, -0.1) is 0 Å². The van der Waals surface area contributed by atoms with Crippen molar-refractivity contribution >= 4 is 0 Å². The van der Waals surface area contributed by atoms with E-state index in [4.69, 9.17) is 15.2 Å². The molecule has 0 unspecified atom stereocenters. The molecule has 0 aliphatic rings. The molecule has 0 radical (unpaired) electrons. The Labute approximate surface area is 123 Å². The summed E-state index contributed by atoms with van der Waals surface area (Å²) in [5.41, 5.74) is 7.45. The molecule has 2 aromatic rings. The van der Waals surface area contributed by atoms with E-state index in [9.17, 15) is 4.79 Å². The fourth-order valence-electron chi connectivity index (χ4n) is 2.10. The van der Waals surface area contributed by atoms with E-state index < -0.39 is 0 Å². The van der Waals surface area contributed by atoms with E-state index in [1.165, 1.54) is 4.68 Å². The van der Waals surface area contributed by atoms with Gasteiger partial charge >= 0.3 is 0 Å². The van der Waals surface area contributed by atoms with Gasteiger partial charge in [0.05, 0.1) is 19.9 Å². The molecule has 21 heavy (non-hydrogen) atoms. The number of hydrogen-bond donors (Lipinski definition) is 1. The average molecular weight is 289 g/mol. The highest BCUT2D eigenvalue weighted by atomic mass is 16.5. The van der Waals surface area contributed by atoms with Crippen LogP contribution >= 0.6 is 0 Å². The van der Waals surface area contributed by atoms with Crippen LogP contribution in [0.3, 0.4) is 0 Å². The average Bonchev–Trinajstić information content (AvgIpc) is 2.54. The maximum atomic E-state index is 12.0. The van der Waals surface area contributed by atoms with Crippen molar-refractivity contribution in [3.8, 4) is 22.8 Å². The molecule has 0 spiro atoms. The third-order valence-electron chi connectivity index (χ3n) is 3.25. The second-order valence-corrected chi connectivity index (χ2v) is 4.45. The van der Waals surface area contributed by atoms with Gasteiger partial charge in [-0.1, -0.05) is 0 Å². The predicted molar refractivity (Wildman–Crippen MR) is 80.6 cm³/mol. The molecule has 0 aliphatic carbocycles. The minimum absolute atomic E-state index is 0.156. The standard InChI is InChI=1S/C15H19N3O3/c1-4-18-15(19)10(9-16)7-13(17-18)12-6-5-11(20-2)8-14(12)21-3/h5-8H,4,9,16H2,1-3H3. The number of nitrogens with two attached hydrogens (primary N) is 1. The van der Waals surface area contributed by atoms with Gasteiger partial charge in [0.2, 0.25) is 0 Å². The fourth-order valence-corrected chi connectivity index (χ4v) is 2.10. The number of benzene rings is 1. The largest absolute Gasteiger partial charge is 0.497 e. The van der Waals surface area contributed by atoms with Gasteiger partial charge in [-0.25, -0.2) is 4.68 Å². The van der Waals surface area contributed by atoms with Crippen molar-refractivity contribution in [3.63, 3.8) is 0 Å². The molecular weight excluding hydrogens is 270 g/mol. The van der Waals surface area contributed by atoms with E-state index in [-0.39, 0.29) is 12.1 Å². The lowest BCUT2D eigenvalue weighted by Gasteiger charge is -2.12. The first-order valence-electron chi connectivity index (χ1n) is 6.68. The van der Waals surface area contributed by atoms with Crippen LogP contribution in [0, 0.1) is 0 Å². The van der Waals surface area contributed by atoms with Crippen molar-refractivity contribution in [1.82, 2.24) is 9.78 Å². The zero-order valence-electron chi connectivity index (χ0n) is 12.4. The molecule has 112 valence electrons. The van der Waals surface area contributed by atoms with Gasteiger partial charge in [-0.3, -0.25) is 4.79 Å². The van der Waals surface area contributed by atoms with Crippen molar-refractivity contribution < 1.29 is 9.47 Å². The number of aryl methyl sites for hydroxylation is 1. The Morgan fingerprint density at radius 3 is 2.57 bits per heavy atom. The molecule has 0 saturated carbocycles. The summed E-state index contributed by atoms with van der Waals surface area (Å²) in [6.07, 6.45) is 0. The third-order valence-corrected chi connectivity index (χ3v) is 3.25. The summed E-state index contributed by atoms with van der Waals surface area (Å²) < 4.78 is 12.0. The summed E-state index contributed by atoms with van der Waals surface area (Å²) in [5, 5.41) is 4.36. The Balaban J connectivity index is 2.63. The lowest BCUT2D eigenvalue weighted by atomic mass is 10.1. The van der Waals surface area contributed by atoms with E-state index in [0.717, 1.165) is 5.56 Å². The number of hydrogen-bond acceptors (Lipinski definition) is 5. The molecule has 1 aromatic heterocycles.